The summed E-state index contributed by atoms with van der Waals surface area (Å²) in [7, 11) is 0. The van der Waals surface area contributed by atoms with Gasteiger partial charge in [0.25, 0.3) is 0 Å². The average Bonchev–Trinajstić information content (AvgIpc) is 3.12. The van der Waals surface area contributed by atoms with Gasteiger partial charge < -0.3 is 37.9 Å². The summed E-state index contributed by atoms with van der Waals surface area (Å²) in [6, 6.07) is 15.7. The Morgan fingerprint density at radius 1 is 0.434 bits per heavy atom. The summed E-state index contributed by atoms with van der Waals surface area (Å²) in [6.07, 6.45) is 0. The molecular weight excluding hydrogens is 684 g/mol. The molecule has 0 amide bonds. The fourth-order valence-corrected chi connectivity index (χ4v) is 3.89. The molecular formula is C41H54O12. The van der Waals surface area contributed by atoms with Crippen LogP contribution in [0.1, 0.15) is 52.7 Å². The Kier molecular flexibility index (Phi) is 21.5. The molecule has 0 saturated heterocycles. The van der Waals surface area contributed by atoms with E-state index in [9.17, 15) is 19.2 Å². The molecule has 12 heteroatoms. The van der Waals surface area contributed by atoms with Crippen LogP contribution >= 0.6 is 0 Å². The van der Waals surface area contributed by atoms with Crippen LogP contribution in [0.4, 0.5) is 0 Å². The second kappa shape index (κ2) is 24.9. The molecule has 12 nitrogen and oxygen atoms in total. The predicted molar refractivity (Wildman–Crippen MR) is 201 cm³/mol. The monoisotopic (exact) mass is 738 g/mol. The van der Waals surface area contributed by atoms with Gasteiger partial charge in [0.15, 0.2) is 0 Å². The summed E-state index contributed by atoms with van der Waals surface area (Å²) in [5.74, 6) is -0.279. The molecule has 2 rings (SSSR count). The van der Waals surface area contributed by atoms with E-state index >= 15 is 0 Å². The Balaban J connectivity index is 0.000000603. The van der Waals surface area contributed by atoms with Gasteiger partial charge in [0, 0.05) is 27.7 Å². The zero-order valence-corrected chi connectivity index (χ0v) is 31.9. The third-order valence-corrected chi connectivity index (χ3v) is 7.01. The summed E-state index contributed by atoms with van der Waals surface area (Å²) < 4.78 is 41.3. The first kappa shape index (κ1) is 45.8. The lowest BCUT2D eigenvalue weighted by atomic mass is 9.78. The van der Waals surface area contributed by atoms with Gasteiger partial charge in [-0.3, -0.25) is 0 Å². The maximum Gasteiger partial charge on any atom is 0.333 e. The first-order valence-corrected chi connectivity index (χ1v) is 17.0. The lowest BCUT2D eigenvalue weighted by Gasteiger charge is -2.26. The van der Waals surface area contributed by atoms with Crippen molar-refractivity contribution in [2.75, 3.05) is 66.1 Å². The number of ether oxygens (including phenoxy) is 8. The van der Waals surface area contributed by atoms with Gasteiger partial charge in [-0.25, -0.2) is 19.2 Å². The second-order valence-corrected chi connectivity index (χ2v) is 12.3. The Morgan fingerprint density at radius 3 is 0.943 bits per heavy atom. The third-order valence-electron chi connectivity index (χ3n) is 7.01. The van der Waals surface area contributed by atoms with Crippen LogP contribution in [0.5, 0.6) is 11.5 Å². The molecule has 0 N–H and O–H groups in total. The molecule has 0 unspecified atom stereocenters. The quantitative estimate of drug-likeness (QED) is 0.0549. The van der Waals surface area contributed by atoms with Crippen LogP contribution in [0.3, 0.4) is 0 Å². The number of carbonyl (C=O) groups excluding carboxylic acids is 4. The highest BCUT2D eigenvalue weighted by atomic mass is 16.6. The van der Waals surface area contributed by atoms with Crippen LogP contribution in [0.2, 0.25) is 0 Å². The molecule has 0 fully saturated rings. The van der Waals surface area contributed by atoms with Gasteiger partial charge in [0.2, 0.25) is 0 Å². The van der Waals surface area contributed by atoms with E-state index in [4.69, 9.17) is 37.9 Å². The molecule has 0 bridgehead atoms. The van der Waals surface area contributed by atoms with Crippen molar-refractivity contribution in [2.45, 2.75) is 47.0 Å². The van der Waals surface area contributed by atoms with E-state index in [1.54, 1.807) is 27.7 Å². The van der Waals surface area contributed by atoms with Crippen molar-refractivity contribution >= 4 is 23.9 Å². The van der Waals surface area contributed by atoms with Crippen molar-refractivity contribution in [3.63, 3.8) is 0 Å². The molecule has 0 radical (unpaired) electrons. The van der Waals surface area contributed by atoms with E-state index in [1.165, 1.54) is 0 Å². The minimum absolute atomic E-state index is 0.170. The fourth-order valence-electron chi connectivity index (χ4n) is 3.89. The third kappa shape index (κ3) is 19.3. The van der Waals surface area contributed by atoms with Crippen LogP contribution in [0, 0.1) is 0 Å². The smallest absolute Gasteiger partial charge is 0.333 e. The molecule has 0 atom stereocenters. The SMILES string of the molecule is C=C(C)C(=O)OCCOCCOCCOC(=O)C(=C)C.C=C(C)C(=O)OCCOc1ccc(C(C)(C)c2ccc(OCCOC(=O)C(=C)C)cc2)cc1. The Labute approximate surface area is 313 Å². The minimum Gasteiger partial charge on any atom is -0.490 e. The number of rotatable bonds is 23. The Morgan fingerprint density at radius 2 is 0.679 bits per heavy atom. The molecule has 0 heterocycles. The normalized spacial score (nSPS) is 10.5. The Hall–Kier alpha value is -5.20. The van der Waals surface area contributed by atoms with Crippen molar-refractivity contribution < 1.29 is 57.1 Å². The molecule has 290 valence electrons. The van der Waals surface area contributed by atoms with Crippen LogP contribution in [-0.2, 0) is 53.0 Å². The van der Waals surface area contributed by atoms with Crippen LogP contribution in [-0.4, -0.2) is 89.9 Å². The minimum atomic E-state index is -0.427. The van der Waals surface area contributed by atoms with Gasteiger partial charge in [-0.05, 0) is 63.1 Å². The van der Waals surface area contributed by atoms with Gasteiger partial charge in [-0.15, -0.1) is 0 Å². The molecule has 0 saturated carbocycles. The van der Waals surface area contributed by atoms with Crippen LogP contribution in [0.25, 0.3) is 0 Å². The lowest BCUT2D eigenvalue weighted by molar-refractivity contribution is -0.142. The van der Waals surface area contributed by atoms with Crippen molar-refractivity contribution in [2.24, 2.45) is 0 Å². The van der Waals surface area contributed by atoms with Gasteiger partial charge in [-0.1, -0.05) is 64.4 Å². The van der Waals surface area contributed by atoms with E-state index in [0.717, 1.165) is 11.1 Å². The zero-order valence-electron chi connectivity index (χ0n) is 31.9. The van der Waals surface area contributed by atoms with Gasteiger partial charge in [0.05, 0.1) is 26.4 Å². The summed E-state index contributed by atoms with van der Waals surface area (Å²) in [4.78, 5) is 44.7. The maximum atomic E-state index is 11.4. The first-order chi connectivity index (χ1) is 25.1. The van der Waals surface area contributed by atoms with E-state index in [1.807, 2.05) is 48.5 Å². The summed E-state index contributed by atoms with van der Waals surface area (Å²) in [5, 5.41) is 0. The first-order valence-electron chi connectivity index (χ1n) is 17.0. The number of carbonyl (C=O) groups is 4. The molecule has 2 aromatic rings. The van der Waals surface area contributed by atoms with Crippen LogP contribution in [0.15, 0.2) is 97.1 Å². The Bertz CT molecular complexity index is 1410. The summed E-state index contributed by atoms with van der Waals surface area (Å²) in [6.45, 7) is 27.3. The number of hydrogen-bond donors (Lipinski definition) is 0. The van der Waals surface area contributed by atoms with E-state index < -0.39 is 23.9 Å². The largest absolute Gasteiger partial charge is 0.490 e. The van der Waals surface area contributed by atoms with Crippen molar-refractivity contribution in [3.05, 3.63) is 108 Å². The highest BCUT2D eigenvalue weighted by molar-refractivity contribution is 5.88. The average molecular weight is 739 g/mol. The van der Waals surface area contributed by atoms with Crippen molar-refractivity contribution in [1.29, 1.82) is 0 Å². The van der Waals surface area contributed by atoms with E-state index in [0.29, 0.717) is 60.2 Å². The number of hydrogen-bond acceptors (Lipinski definition) is 12. The maximum absolute atomic E-state index is 11.4. The van der Waals surface area contributed by atoms with Crippen molar-refractivity contribution in [1.82, 2.24) is 0 Å². The van der Waals surface area contributed by atoms with Gasteiger partial charge >= 0.3 is 23.9 Å². The molecule has 53 heavy (non-hydrogen) atoms. The number of esters is 4. The topological polar surface area (TPSA) is 142 Å². The highest BCUT2D eigenvalue weighted by Gasteiger charge is 2.23. The fraction of sp³-hybridized carbons (Fsp3) is 0.415. The predicted octanol–water partition coefficient (Wildman–Crippen LogP) is 6.27. The molecule has 0 aliphatic heterocycles. The van der Waals surface area contributed by atoms with Crippen LogP contribution < -0.4 is 9.47 Å². The van der Waals surface area contributed by atoms with Gasteiger partial charge in [0.1, 0.15) is 51.1 Å². The summed E-state index contributed by atoms with van der Waals surface area (Å²) in [5.41, 5.74) is 3.48. The highest BCUT2D eigenvalue weighted by Crippen LogP contribution is 2.33. The molecule has 0 spiro atoms. The molecule has 0 aliphatic carbocycles. The lowest BCUT2D eigenvalue weighted by Crippen LogP contribution is -2.19. The second-order valence-electron chi connectivity index (χ2n) is 12.3. The van der Waals surface area contributed by atoms with E-state index in [-0.39, 0.29) is 45.1 Å². The summed E-state index contributed by atoms with van der Waals surface area (Å²) >= 11 is 0. The molecule has 2 aromatic carbocycles. The molecule has 0 aromatic heterocycles. The van der Waals surface area contributed by atoms with E-state index in [2.05, 4.69) is 40.2 Å². The number of benzene rings is 2. The standard InChI is InChI=1S/C27H32O6.C14H22O6/c1-19(2)25(28)32-17-15-30-23-11-7-21(8-12-23)27(5,6)22-9-13-24(14-10-22)31-16-18-33-26(29)20(3)4;1-11(2)13(15)19-9-7-17-5-6-18-8-10-20-14(16)12(3)4/h7-14H,1,3,15-18H2,2,4-6H3;1,3,5-10H2,2,4H3. The van der Waals surface area contributed by atoms with Crippen molar-refractivity contribution in [3.8, 4) is 11.5 Å². The zero-order chi connectivity index (χ0) is 39.8. The molecule has 0 aliphatic rings. The van der Waals surface area contributed by atoms with Gasteiger partial charge in [-0.2, -0.15) is 0 Å².